The van der Waals surface area contributed by atoms with Gasteiger partial charge >= 0.3 is 0 Å². The Morgan fingerprint density at radius 2 is 1.17 bits per heavy atom. The second-order valence-corrected chi connectivity index (χ2v) is 4.97. The van der Waals surface area contributed by atoms with Gasteiger partial charge in [-0.2, -0.15) is 0 Å². The summed E-state index contributed by atoms with van der Waals surface area (Å²) in [6, 6.07) is 0. The predicted octanol–water partition coefficient (Wildman–Crippen LogP) is -3.01. The molecule has 1 rings (SSSR count). The fourth-order valence-electron chi connectivity index (χ4n) is 1.22. The zero-order chi connectivity index (χ0) is 19.0. The van der Waals surface area contributed by atoms with Crippen LogP contribution in [0.25, 0.3) is 0 Å². The van der Waals surface area contributed by atoms with Gasteiger partial charge in [0.25, 0.3) is 11.8 Å². The number of rotatable bonds is 4. The molecule has 8 N–H and O–H groups in total. The second-order valence-electron chi connectivity index (χ2n) is 4.97. The lowest BCUT2D eigenvalue weighted by atomic mass is 10.3. The number of aliphatic hydroxyl groups is 4. The summed E-state index contributed by atoms with van der Waals surface area (Å²) < 4.78 is 1.09. The van der Waals surface area contributed by atoms with Crippen LogP contribution in [0.2, 0.25) is 0 Å². The summed E-state index contributed by atoms with van der Waals surface area (Å²) in [5.41, 5.74) is 3.83. The summed E-state index contributed by atoms with van der Waals surface area (Å²) in [6.45, 7) is 5.56. The van der Waals surface area contributed by atoms with Crippen molar-refractivity contribution in [3.05, 3.63) is 11.6 Å². The maximum atomic E-state index is 10.6. The standard InChI is InChI=1S/C6H12N4O2.C6H12N2O4/c1-3(11)5-8-9-6(4(2)12)10(5)7;1-3(9)5(11)7-8-6(12)4(2)10/h3-4,11-12H,7H2,1-2H3;3-4,9-10H,1-2H3,(H,7,11)(H,8,12)/t2*3-,4-/m00/s1. The van der Waals surface area contributed by atoms with E-state index < -0.39 is 36.2 Å². The van der Waals surface area contributed by atoms with Gasteiger partial charge in [0.05, 0.1) is 0 Å². The van der Waals surface area contributed by atoms with Crippen LogP contribution in [-0.2, 0) is 9.59 Å². The molecule has 0 radical (unpaired) electrons. The molecule has 0 aliphatic heterocycles. The van der Waals surface area contributed by atoms with Crippen LogP contribution in [0, 0.1) is 0 Å². The van der Waals surface area contributed by atoms with Crippen LogP contribution in [0.15, 0.2) is 0 Å². The number of hydrogen-bond acceptors (Lipinski definition) is 9. The van der Waals surface area contributed by atoms with E-state index in [9.17, 15) is 9.59 Å². The van der Waals surface area contributed by atoms with E-state index in [0.717, 1.165) is 4.68 Å². The largest absolute Gasteiger partial charge is 0.385 e. The van der Waals surface area contributed by atoms with Gasteiger partial charge in [0.1, 0.15) is 24.4 Å². The van der Waals surface area contributed by atoms with Crippen molar-refractivity contribution < 1.29 is 30.0 Å². The molecule has 24 heavy (non-hydrogen) atoms. The predicted molar refractivity (Wildman–Crippen MR) is 81.1 cm³/mol. The van der Waals surface area contributed by atoms with Crippen LogP contribution >= 0.6 is 0 Å². The molecule has 0 aliphatic rings. The summed E-state index contributed by atoms with van der Waals surface area (Å²) in [6.07, 6.45) is -3.96. The lowest BCUT2D eigenvalue weighted by molar-refractivity contribution is -0.136. The number of nitrogens with zero attached hydrogens (tertiary/aromatic N) is 3. The Kier molecular flexibility index (Phi) is 8.84. The molecule has 12 nitrogen and oxygen atoms in total. The van der Waals surface area contributed by atoms with Crippen molar-refractivity contribution in [2.75, 3.05) is 5.84 Å². The molecular formula is C12H24N6O6. The van der Waals surface area contributed by atoms with Gasteiger partial charge in [0, 0.05) is 0 Å². The van der Waals surface area contributed by atoms with Gasteiger partial charge in [-0.15, -0.1) is 10.2 Å². The molecule has 0 saturated carbocycles. The first kappa shape index (κ1) is 21.7. The Labute approximate surface area is 138 Å². The first-order valence-electron chi connectivity index (χ1n) is 7.01. The molecule has 0 spiro atoms. The molecular weight excluding hydrogens is 324 g/mol. The number of aliphatic hydroxyl groups excluding tert-OH is 4. The maximum Gasteiger partial charge on any atom is 0.266 e. The highest BCUT2D eigenvalue weighted by atomic mass is 16.3. The average Bonchev–Trinajstić information content (AvgIpc) is 2.86. The van der Waals surface area contributed by atoms with Crippen molar-refractivity contribution in [1.82, 2.24) is 25.7 Å². The summed E-state index contributed by atoms with van der Waals surface area (Å²) >= 11 is 0. The van der Waals surface area contributed by atoms with Crippen LogP contribution in [-0.4, -0.2) is 59.3 Å². The number of carbonyl (C=O) groups is 2. The van der Waals surface area contributed by atoms with Crippen molar-refractivity contribution in [3.63, 3.8) is 0 Å². The van der Waals surface area contributed by atoms with Gasteiger partial charge in [-0.05, 0) is 27.7 Å². The minimum atomic E-state index is -1.20. The van der Waals surface area contributed by atoms with Crippen LogP contribution in [0.4, 0.5) is 0 Å². The Bertz CT molecular complexity index is 497. The van der Waals surface area contributed by atoms with E-state index in [2.05, 4.69) is 10.2 Å². The second kappa shape index (κ2) is 9.77. The molecule has 1 aromatic heterocycles. The Morgan fingerprint density at radius 3 is 1.33 bits per heavy atom. The van der Waals surface area contributed by atoms with E-state index in [0.29, 0.717) is 0 Å². The quantitative estimate of drug-likeness (QED) is 0.219. The summed E-state index contributed by atoms with van der Waals surface area (Å²) in [4.78, 5) is 21.2. The first-order chi connectivity index (χ1) is 11.0. The molecule has 0 aliphatic carbocycles. The third-order valence-corrected chi connectivity index (χ3v) is 2.56. The summed E-state index contributed by atoms with van der Waals surface area (Å²) in [5, 5.41) is 42.8. The van der Waals surface area contributed by atoms with E-state index in [4.69, 9.17) is 26.3 Å². The molecule has 0 aromatic carbocycles. The normalized spacial score (nSPS) is 15.3. The monoisotopic (exact) mass is 348 g/mol. The van der Waals surface area contributed by atoms with Crippen molar-refractivity contribution in [2.24, 2.45) is 0 Å². The summed E-state index contributed by atoms with van der Waals surface area (Å²) in [7, 11) is 0. The number of carbonyl (C=O) groups excluding carboxylic acids is 2. The van der Waals surface area contributed by atoms with Gasteiger partial charge in [0.2, 0.25) is 0 Å². The number of aromatic nitrogens is 3. The fourth-order valence-corrected chi connectivity index (χ4v) is 1.22. The number of hydrogen-bond donors (Lipinski definition) is 7. The molecule has 0 saturated heterocycles. The maximum absolute atomic E-state index is 10.6. The number of nitrogens with one attached hydrogen (secondary N) is 2. The minimum absolute atomic E-state index is 0.242. The third kappa shape index (κ3) is 6.87. The Morgan fingerprint density at radius 1 is 0.875 bits per heavy atom. The molecule has 12 heteroatoms. The van der Waals surface area contributed by atoms with E-state index in [1.807, 2.05) is 10.9 Å². The Balaban J connectivity index is 0.000000441. The number of amides is 2. The molecule has 0 bridgehead atoms. The molecule has 0 unspecified atom stereocenters. The lowest BCUT2D eigenvalue weighted by Crippen LogP contribution is -2.48. The number of nitrogen functional groups attached to an aromatic ring is 1. The van der Waals surface area contributed by atoms with Crippen molar-refractivity contribution in [2.45, 2.75) is 52.1 Å². The van der Waals surface area contributed by atoms with Crippen LogP contribution < -0.4 is 16.7 Å². The smallest absolute Gasteiger partial charge is 0.266 e. The Hall–Kier alpha value is -2.28. The van der Waals surface area contributed by atoms with E-state index in [-0.39, 0.29) is 11.6 Å². The number of hydrazine groups is 1. The third-order valence-electron chi connectivity index (χ3n) is 2.56. The van der Waals surface area contributed by atoms with Crippen LogP contribution in [0.5, 0.6) is 0 Å². The highest BCUT2D eigenvalue weighted by Crippen LogP contribution is 2.12. The van der Waals surface area contributed by atoms with Crippen molar-refractivity contribution in [1.29, 1.82) is 0 Å². The van der Waals surface area contributed by atoms with Gasteiger partial charge in [0.15, 0.2) is 11.6 Å². The van der Waals surface area contributed by atoms with E-state index in [1.165, 1.54) is 27.7 Å². The zero-order valence-corrected chi connectivity index (χ0v) is 13.8. The van der Waals surface area contributed by atoms with Crippen molar-refractivity contribution >= 4 is 11.8 Å². The molecule has 4 atom stereocenters. The van der Waals surface area contributed by atoms with Crippen molar-refractivity contribution in [3.8, 4) is 0 Å². The van der Waals surface area contributed by atoms with Gasteiger partial charge in [-0.3, -0.25) is 20.4 Å². The van der Waals surface area contributed by atoms with E-state index >= 15 is 0 Å². The molecule has 138 valence electrons. The molecule has 0 fully saturated rings. The zero-order valence-electron chi connectivity index (χ0n) is 13.8. The average molecular weight is 348 g/mol. The molecule has 1 heterocycles. The lowest BCUT2D eigenvalue weighted by Gasteiger charge is -2.09. The van der Waals surface area contributed by atoms with E-state index in [1.54, 1.807) is 0 Å². The SMILES string of the molecule is C[C@H](O)C(=O)NNC(=O)[C@H](C)O.C[C@H](O)c1nnc([C@H](C)O)n1N. The van der Waals surface area contributed by atoms with Gasteiger partial charge in [-0.25, -0.2) is 4.68 Å². The highest BCUT2D eigenvalue weighted by molar-refractivity contribution is 5.85. The molecule has 1 aromatic rings. The fraction of sp³-hybridized carbons (Fsp3) is 0.667. The number of nitrogens with two attached hydrogens (primary N) is 1. The van der Waals surface area contributed by atoms with Gasteiger partial charge in [-0.1, -0.05) is 0 Å². The molecule has 2 amide bonds. The van der Waals surface area contributed by atoms with Gasteiger partial charge < -0.3 is 26.3 Å². The minimum Gasteiger partial charge on any atom is -0.385 e. The first-order valence-corrected chi connectivity index (χ1v) is 7.01. The summed E-state index contributed by atoms with van der Waals surface area (Å²) in [5.74, 6) is 4.50. The van der Waals surface area contributed by atoms with Crippen LogP contribution in [0.1, 0.15) is 51.6 Å². The van der Waals surface area contributed by atoms with Crippen LogP contribution in [0.3, 0.4) is 0 Å². The highest BCUT2D eigenvalue weighted by Gasteiger charge is 2.16. The topological polar surface area (TPSA) is 196 Å².